The number of benzene rings is 1. The van der Waals surface area contributed by atoms with Gasteiger partial charge in [-0.1, -0.05) is 13.8 Å². The number of nitriles is 1. The van der Waals surface area contributed by atoms with Crippen molar-refractivity contribution in [2.75, 3.05) is 0 Å². The van der Waals surface area contributed by atoms with E-state index in [1.54, 1.807) is 19.9 Å². The summed E-state index contributed by atoms with van der Waals surface area (Å²) in [5.74, 6) is -1.90. The fraction of sp³-hybridized carbons (Fsp3) is 0.368. The molecular formula is C19H20FN3O4. The van der Waals surface area contributed by atoms with Gasteiger partial charge < -0.3 is 9.30 Å². The maximum atomic E-state index is 14.6. The fourth-order valence-corrected chi connectivity index (χ4v) is 2.69. The third kappa shape index (κ3) is 3.82. The standard InChI is InChI=1S/C19H20FN3O4/c1-10(2)15-8-17(24)23(19(26)22(15)5)16-7-13(18(25)27-11(3)4)12(9-21)6-14(16)20/h6-8,10-11H,1-5H3. The number of rotatable bonds is 4. The van der Waals surface area contributed by atoms with E-state index >= 15 is 0 Å². The summed E-state index contributed by atoms with van der Waals surface area (Å²) in [5.41, 5.74) is -1.86. The molecule has 8 heteroatoms. The van der Waals surface area contributed by atoms with Crippen LogP contribution in [-0.2, 0) is 11.8 Å². The molecule has 0 atom stereocenters. The maximum Gasteiger partial charge on any atom is 0.339 e. The van der Waals surface area contributed by atoms with Gasteiger partial charge in [0.25, 0.3) is 5.56 Å². The number of carbonyl (C=O) groups is 1. The Kier molecular flexibility index (Phi) is 5.64. The molecule has 0 bridgehead atoms. The summed E-state index contributed by atoms with van der Waals surface area (Å²) in [4.78, 5) is 37.4. The van der Waals surface area contributed by atoms with Gasteiger partial charge in [-0.25, -0.2) is 18.5 Å². The van der Waals surface area contributed by atoms with E-state index in [9.17, 15) is 24.0 Å². The molecule has 7 nitrogen and oxygen atoms in total. The highest BCUT2D eigenvalue weighted by Gasteiger charge is 2.22. The molecule has 0 N–H and O–H groups in total. The number of ether oxygens (including phenoxy) is 1. The average molecular weight is 373 g/mol. The summed E-state index contributed by atoms with van der Waals surface area (Å²) < 4.78 is 21.5. The number of nitrogens with zero attached hydrogens (tertiary/aromatic N) is 3. The Morgan fingerprint density at radius 2 is 1.81 bits per heavy atom. The van der Waals surface area contributed by atoms with Crippen molar-refractivity contribution in [3.05, 3.63) is 61.7 Å². The van der Waals surface area contributed by atoms with Crippen LogP contribution in [-0.4, -0.2) is 21.2 Å². The molecule has 0 aliphatic carbocycles. The molecule has 142 valence electrons. The number of aromatic nitrogens is 2. The number of hydrogen-bond donors (Lipinski definition) is 0. The monoisotopic (exact) mass is 373 g/mol. The molecule has 0 fully saturated rings. The SMILES string of the molecule is CC(C)OC(=O)c1cc(-n2c(=O)cc(C(C)C)n(C)c2=O)c(F)cc1C#N. The molecule has 0 saturated heterocycles. The Bertz CT molecular complexity index is 1060. The van der Waals surface area contributed by atoms with Gasteiger partial charge in [0.2, 0.25) is 0 Å². The third-order valence-electron chi connectivity index (χ3n) is 3.96. The van der Waals surface area contributed by atoms with Crippen LogP contribution in [0.5, 0.6) is 0 Å². The molecule has 1 aromatic carbocycles. The summed E-state index contributed by atoms with van der Waals surface area (Å²) in [7, 11) is 1.48. The van der Waals surface area contributed by atoms with Gasteiger partial charge in [-0.2, -0.15) is 5.26 Å². The second kappa shape index (κ2) is 7.58. The van der Waals surface area contributed by atoms with Crippen LogP contribution >= 0.6 is 0 Å². The number of hydrogen-bond acceptors (Lipinski definition) is 5. The second-order valence-electron chi connectivity index (χ2n) is 6.65. The van der Waals surface area contributed by atoms with E-state index in [-0.39, 0.29) is 17.0 Å². The molecule has 1 aromatic heterocycles. The van der Waals surface area contributed by atoms with E-state index in [0.717, 1.165) is 12.1 Å². The van der Waals surface area contributed by atoms with Crippen LogP contribution in [0, 0.1) is 17.1 Å². The smallest absolute Gasteiger partial charge is 0.339 e. The predicted molar refractivity (Wildman–Crippen MR) is 96.6 cm³/mol. The van der Waals surface area contributed by atoms with Crippen molar-refractivity contribution in [3.8, 4) is 11.8 Å². The average Bonchev–Trinajstić information content (AvgIpc) is 2.58. The number of carbonyl (C=O) groups excluding carboxylic acids is 1. The molecule has 1 heterocycles. The molecule has 0 radical (unpaired) electrons. The lowest BCUT2D eigenvalue weighted by atomic mass is 10.1. The molecule has 0 unspecified atom stereocenters. The quantitative estimate of drug-likeness (QED) is 0.766. The minimum absolute atomic E-state index is 0.0903. The second-order valence-corrected chi connectivity index (χ2v) is 6.65. The summed E-state index contributed by atoms with van der Waals surface area (Å²) in [5, 5.41) is 9.18. The van der Waals surface area contributed by atoms with Gasteiger partial charge in [-0.3, -0.25) is 4.79 Å². The van der Waals surface area contributed by atoms with Crippen LogP contribution < -0.4 is 11.2 Å². The minimum Gasteiger partial charge on any atom is -0.459 e. The van der Waals surface area contributed by atoms with Gasteiger partial charge in [0, 0.05) is 18.8 Å². The van der Waals surface area contributed by atoms with Crippen LogP contribution in [0.1, 0.15) is 55.2 Å². The normalized spacial score (nSPS) is 10.9. The molecule has 0 aliphatic heterocycles. The van der Waals surface area contributed by atoms with Crippen LogP contribution in [0.4, 0.5) is 4.39 Å². The first kappa shape index (κ1) is 20.1. The zero-order valence-corrected chi connectivity index (χ0v) is 15.7. The van der Waals surface area contributed by atoms with E-state index in [0.29, 0.717) is 10.3 Å². The van der Waals surface area contributed by atoms with Gasteiger partial charge in [-0.15, -0.1) is 0 Å². The summed E-state index contributed by atoms with van der Waals surface area (Å²) in [6.45, 7) is 6.89. The summed E-state index contributed by atoms with van der Waals surface area (Å²) in [6, 6.07) is 4.78. The first-order chi connectivity index (χ1) is 12.6. The van der Waals surface area contributed by atoms with Crippen LogP contribution in [0.25, 0.3) is 5.69 Å². The van der Waals surface area contributed by atoms with Crippen molar-refractivity contribution < 1.29 is 13.9 Å². The van der Waals surface area contributed by atoms with Crippen molar-refractivity contribution in [2.45, 2.75) is 39.7 Å². The Hall–Kier alpha value is -3.21. The molecule has 27 heavy (non-hydrogen) atoms. The highest BCUT2D eigenvalue weighted by Crippen LogP contribution is 2.19. The third-order valence-corrected chi connectivity index (χ3v) is 3.96. The van der Waals surface area contributed by atoms with Crippen LogP contribution in [0.15, 0.2) is 27.8 Å². The lowest BCUT2D eigenvalue weighted by Gasteiger charge is -2.15. The maximum absolute atomic E-state index is 14.6. The molecule has 2 aromatic rings. The van der Waals surface area contributed by atoms with E-state index in [1.807, 2.05) is 13.8 Å². The van der Waals surface area contributed by atoms with Gasteiger partial charge in [0.1, 0.15) is 11.9 Å². The fourth-order valence-electron chi connectivity index (χ4n) is 2.69. The van der Waals surface area contributed by atoms with Gasteiger partial charge in [0.05, 0.1) is 22.9 Å². The van der Waals surface area contributed by atoms with E-state index in [4.69, 9.17) is 4.74 Å². The van der Waals surface area contributed by atoms with Crippen LogP contribution in [0.3, 0.4) is 0 Å². The Labute approximate surface area is 155 Å². The van der Waals surface area contributed by atoms with Crippen molar-refractivity contribution in [1.82, 2.24) is 9.13 Å². The van der Waals surface area contributed by atoms with Gasteiger partial charge in [0.15, 0.2) is 0 Å². The van der Waals surface area contributed by atoms with Crippen molar-refractivity contribution in [2.24, 2.45) is 7.05 Å². The zero-order valence-electron chi connectivity index (χ0n) is 15.7. The van der Waals surface area contributed by atoms with Crippen molar-refractivity contribution in [3.63, 3.8) is 0 Å². The largest absolute Gasteiger partial charge is 0.459 e. The van der Waals surface area contributed by atoms with Gasteiger partial charge >= 0.3 is 11.7 Å². The lowest BCUT2D eigenvalue weighted by molar-refractivity contribution is 0.0377. The molecular weight excluding hydrogens is 353 g/mol. The minimum atomic E-state index is -0.968. The lowest BCUT2D eigenvalue weighted by Crippen LogP contribution is -2.39. The highest BCUT2D eigenvalue weighted by atomic mass is 19.1. The van der Waals surface area contributed by atoms with Crippen molar-refractivity contribution in [1.29, 1.82) is 5.26 Å². The van der Waals surface area contributed by atoms with E-state index in [1.165, 1.54) is 17.7 Å². The zero-order chi connectivity index (χ0) is 20.5. The predicted octanol–water partition coefficient (Wildman–Crippen LogP) is 2.24. The highest BCUT2D eigenvalue weighted by molar-refractivity contribution is 5.93. The summed E-state index contributed by atoms with van der Waals surface area (Å²) >= 11 is 0. The molecule has 2 rings (SSSR count). The number of esters is 1. The van der Waals surface area contributed by atoms with Gasteiger partial charge in [-0.05, 0) is 31.9 Å². The molecule has 0 amide bonds. The Morgan fingerprint density at radius 1 is 1.19 bits per heavy atom. The molecule has 0 aliphatic rings. The molecule has 0 spiro atoms. The Balaban J connectivity index is 2.80. The topological polar surface area (TPSA) is 94.1 Å². The Morgan fingerprint density at radius 3 is 2.33 bits per heavy atom. The van der Waals surface area contributed by atoms with E-state index < -0.39 is 34.8 Å². The molecule has 0 saturated carbocycles. The van der Waals surface area contributed by atoms with Crippen molar-refractivity contribution >= 4 is 5.97 Å². The first-order valence-electron chi connectivity index (χ1n) is 8.36. The first-order valence-corrected chi connectivity index (χ1v) is 8.36. The van der Waals surface area contributed by atoms with Crippen LogP contribution in [0.2, 0.25) is 0 Å². The number of halogens is 1. The van der Waals surface area contributed by atoms with E-state index in [2.05, 4.69) is 0 Å². The summed E-state index contributed by atoms with van der Waals surface area (Å²) in [6.07, 6.45) is -0.460.